The maximum Gasteiger partial charge on any atom is 0.184 e. The molecule has 1 aromatic carbocycles. The summed E-state index contributed by atoms with van der Waals surface area (Å²) in [7, 11) is 1.79. The van der Waals surface area contributed by atoms with Gasteiger partial charge in [0.25, 0.3) is 0 Å². The molecule has 1 N–H and O–H groups in total. The highest BCUT2D eigenvalue weighted by atomic mass is 32.1. The molecule has 21 heavy (non-hydrogen) atoms. The van der Waals surface area contributed by atoms with Crippen molar-refractivity contribution in [3.8, 4) is 11.8 Å². The Balaban J connectivity index is 2.36. The zero-order chi connectivity index (χ0) is 15.1. The number of imidazole rings is 1. The van der Waals surface area contributed by atoms with Crippen LogP contribution >= 0.6 is 12.2 Å². The van der Waals surface area contributed by atoms with Crippen molar-refractivity contribution in [1.82, 2.24) is 19.3 Å². The minimum Gasteiger partial charge on any atom is -0.327 e. The van der Waals surface area contributed by atoms with Crippen LogP contribution in [0, 0.1) is 21.9 Å². The molecule has 2 aromatic heterocycles. The van der Waals surface area contributed by atoms with E-state index in [9.17, 15) is 4.39 Å². The molecule has 0 spiro atoms. The van der Waals surface area contributed by atoms with Crippen LogP contribution in [0.15, 0.2) is 18.2 Å². The number of nitriles is 1. The molecule has 0 amide bonds. The number of hydrogen-bond acceptors (Lipinski definition) is 3. The zero-order valence-corrected chi connectivity index (χ0v) is 12.3. The number of fused-ring (bicyclic) bond motifs is 1. The Morgan fingerprint density at radius 2 is 2.24 bits per heavy atom. The molecule has 7 heteroatoms. The van der Waals surface area contributed by atoms with E-state index in [1.807, 2.05) is 13.0 Å². The summed E-state index contributed by atoms with van der Waals surface area (Å²) >= 11 is 5.31. The second-order valence-corrected chi connectivity index (χ2v) is 5.05. The van der Waals surface area contributed by atoms with Gasteiger partial charge in [0.1, 0.15) is 11.3 Å². The Kier molecular flexibility index (Phi) is 3.11. The van der Waals surface area contributed by atoms with Gasteiger partial charge in [0.05, 0.1) is 23.0 Å². The summed E-state index contributed by atoms with van der Waals surface area (Å²) in [6.07, 6.45) is 0.752. The van der Waals surface area contributed by atoms with Crippen LogP contribution < -0.4 is 0 Å². The van der Waals surface area contributed by atoms with Crippen LogP contribution in [0.2, 0.25) is 0 Å². The van der Waals surface area contributed by atoms with Crippen LogP contribution in [0.1, 0.15) is 18.2 Å². The number of rotatable bonds is 2. The van der Waals surface area contributed by atoms with E-state index in [0.29, 0.717) is 16.1 Å². The van der Waals surface area contributed by atoms with E-state index >= 15 is 0 Å². The molecule has 0 unspecified atom stereocenters. The molecule has 0 aliphatic carbocycles. The van der Waals surface area contributed by atoms with E-state index < -0.39 is 5.82 Å². The minimum atomic E-state index is -0.495. The van der Waals surface area contributed by atoms with E-state index in [1.54, 1.807) is 28.4 Å². The summed E-state index contributed by atoms with van der Waals surface area (Å²) in [5, 5.41) is 13.2. The van der Waals surface area contributed by atoms with Crippen LogP contribution in [0.3, 0.4) is 0 Å². The minimum absolute atomic E-state index is 0.272. The third-order valence-electron chi connectivity index (χ3n) is 3.39. The number of nitrogens with one attached hydrogen (secondary N) is 1. The summed E-state index contributed by atoms with van der Waals surface area (Å²) in [6.45, 7) is 2.00. The van der Waals surface area contributed by atoms with Crippen LogP contribution in [0.4, 0.5) is 4.39 Å². The van der Waals surface area contributed by atoms with Gasteiger partial charge in [-0.15, -0.1) is 0 Å². The second-order valence-electron chi connectivity index (χ2n) is 4.67. The molecule has 0 saturated carbocycles. The molecule has 3 rings (SSSR count). The van der Waals surface area contributed by atoms with Crippen molar-refractivity contribution in [1.29, 1.82) is 5.26 Å². The second kappa shape index (κ2) is 4.82. The average molecular weight is 301 g/mol. The first kappa shape index (κ1) is 13.5. The van der Waals surface area contributed by atoms with Crippen molar-refractivity contribution in [2.45, 2.75) is 13.3 Å². The molecular weight excluding hydrogens is 289 g/mol. The van der Waals surface area contributed by atoms with Gasteiger partial charge in [-0.1, -0.05) is 6.92 Å². The molecule has 0 aliphatic heterocycles. The number of halogens is 1. The van der Waals surface area contributed by atoms with Gasteiger partial charge in [-0.25, -0.2) is 9.07 Å². The lowest BCUT2D eigenvalue weighted by Gasteiger charge is -2.06. The standard InChI is InChI=1S/C14H12FN5S/c1-3-10-12-13(19(2)18-10)20(14(21)17-12)11-5-4-8(7-16)6-9(11)15/h4-6H,3H2,1-2H3,(H,17,21). The van der Waals surface area contributed by atoms with Gasteiger partial charge in [0, 0.05) is 7.05 Å². The van der Waals surface area contributed by atoms with E-state index in [2.05, 4.69) is 10.1 Å². The van der Waals surface area contributed by atoms with Crippen LogP contribution in [-0.4, -0.2) is 19.3 Å². The van der Waals surface area contributed by atoms with Crippen molar-refractivity contribution in [2.24, 2.45) is 7.05 Å². The summed E-state index contributed by atoms with van der Waals surface area (Å²) in [6, 6.07) is 6.23. The van der Waals surface area contributed by atoms with Crippen molar-refractivity contribution in [3.63, 3.8) is 0 Å². The molecule has 5 nitrogen and oxygen atoms in total. The number of nitrogens with zero attached hydrogens (tertiary/aromatic N) is 4. The molecule has 0 aliphatic rings. The number of aromatic amines is 1. The Morgan fingerprint density at radius 1 is 1.48 bits per heavy atom. The number of aromatic nitrogens is 4. The van der Waals surface area contributed by atoms with E-state index in [-0.39, 0.29) is 5.56 Å². The maximum atomic E-state index is 14.3. The van der Waals surface area contributed by atoms with Gasteiger partial charge in [0.2, 0.25) is 0 Å². The average Bonchev–Trinajstić information content (AvgIpc) is 2.96. The predicted octanol–water partition coefficient (Wildman–Crippen LogP) is 2.99. The largest absolute Gasteiger partial charge is 0.327 e. The summed E-state index contributed by atoms with van der Waals surface area (Å²) < 4.78 is 17.9. The first-order chi connectivity index (χ1) is 10.1. The predicted molar refractivity (Wildman–Crippen MR) is 79.3 cm³/mol. The van der Waals surface area contributed by atoms with Gasteiger partial charge in [-0.3, -0.25) is 4.57 Å². The maximum absolute atomic E-state index is 14.3. The van der Waals surface area contributed by atoms with Gasteiger partial charge in [-0.2, -0.15) is 10.4 Å². The molecule has 0 fully saturated rings. The van der Waals surface area contributed by atoms with Gasteiger partial charge in [-0.05, 0) is 36.8 Å². The number of hydrogen-bond donors (Lipinski definition) is 1. The van der Waals surface area contributed by atoms with E-state index in [0.717, 1.165) is 17.6 Å². The SMILES string of the molecule is CCc1nn(C)c2c1[nH]c(=S)n2-c1ccc(C#N)cc1F. The molecular formula is C14H12FN5S. The van der Waals surface area contributed by atoms with Gasteiger partial charge >= 0.3 is 0 Å². The van der Waals surface area contributed by atoms with Crippen molar-refractivity contribution in [2.75, 3.05) is 0 Å². The van der Waals surface area contributed by atoms with Crippen LogP contribution in [0.25, 0.3) is 16.9 Å². The Bertz CT molecular complexity index is 941. The Labute approximate surface area is 125 Å². The topological polar surface area (TPSA) is 62.3 Å². The molecule has 106 valence electrons. The quantitative estimate of drug-likeness (QED) is 0.740. The molecule has 0 bridgehead atoms. The summed E-state index contributed by atoms with van der Waals surface area (Å²) in [5.41, 5.74) is 2.98. The van der Waals surface area contributed by atoms with E-state index in [4.69, 9.17) is 17.5 Å². The normalized spacial score (nSPS) is 11.0. The van der Waals surface area contributed by atoms with Crippen molar-refractivity contribution in [3.05, 3.63) is 40.0 Å². The summed E-state index contributed by atoms with van der Waals surface area (Å²) in [5.74, 6) is -0.495. The smallest absolute Gasteiger partial charge is 0.184 e. The Morgan fingerprint density at radius 3 is 2.86 bits per heavy atom. The van der Waals surface area contributed by atoms with Crippen LogP contribution in [0.5, 0.6) is 0 Å². The zero-order valence-electron chi connectivity index (χ0n) is 11.5. The number of benzene rings is 1. The molecule has 0 saturated heterocycles. The highest BCUT2D eigenvalue weighted by molar-refractivity contribution is 7.71. The third kappa shape index (κ3) is 1.96. The third-order valence-corrected chi connectivity index (χ3v) is 3.67. The lowest BCUT2D eigenvalue weighted by atomic mass is 10.2. The fraction of sp³-hybridized carbons (Fsp3) is 0.214. The lowest BCUT2D eigenvalue weighted by molar-refractivity contribution is 0.616. The summed E-state index contributed by atoms with van der Waals surface area (Å²) in [4.78, 5) is 3.08. The van der Waals surface area contributed by atoms with Gasteiger partial charge in [0.15, 0.2) is 10.4 Å². The highest BCUT2D eigenvalue weighted by Crippen LogP contribution is 2.24. The van der Waals surface area contributed by atoms with Crippen molar-refractivity contribution >= 4 is 23.4 Å². The monoisotopic (exact) mass is 301 g/mol. The van der Waals surface area contributed by atoms with E-state index in [1.165, 1.54) is 6.07 Å². The fourth-order valence-electron chi connectivity index (χ4n) is 2.44. The van der Waals surface area contributed by atoms with Crippen LogP contribution in [-0.2, 0) is 13.5 Å². The highest BCUT2D eigenvalue weighted by Gasteiger charge is 2.17. The Hall–Kier alpha value is -2.46. The fourth-order valence-corrected chi connectivity index (χ4v) is 2.73. The number of aryl methyl sites for hydroxylation is 2. The first-order valence-corrected chi connectivity index (χ1v) is 6.84. The number of H-pyrrole nitrogens is 1. The van der Waals surface area contributed by atoms with Crippen molar-refractivity contribution < 1.29 is 4.39 Å². The molecule has 2 heterocycles. The molecule has 0 radical (unpaired) electrons. The lowest BCUT2D eigenvalue weighted by Crippen LogP contribution is -2.03. The first-order valence-electron chi connectivity index (χ1n) is 6.43. The molecule has 3 aromatic rings. The molecule has 0 atom stereocenters. The van der Waals surface area contributed by atoms with Gasteiger partial charge < -0.3 is 4.98 Å².